The lowest BCUT2D eigenvalue weighted by Crippen LogP contribution is -2.36. The lowest BCUT2D eigenvalue weighted by molar-refractivity contribution is 0.206. The number of urea groups is 1. The van der Waals surface area contributed by atoms with E-state index < -0.39 is 0 Å². The minimum atomic E-state index is -0.0853. The molecule has 0 aliphatic carbocycles. The number of aromatic nitrogens is 1. The standard InChI is InChI=1S/C15H20N4OS/c1-18(2)14-5-4-12(8-16-14)9-17-15(20)19(3)10-13-6-7-21-11-13/h4-8,11H,9-10H2,1-3H3,(H,17,20). The van der Waals surface area contributed by atoms with Crippen LogP contribution in [0.3, 0.4) is 0 Å². The Labute approximate surface area is 129 Å². The van der Waals surface area contributed by atoms with Crippen molar-refractivity contribution in [1.82, 2.24) is 15.2 Å². The monoisotopic (exact) mass is 304 g/mol. The topological polar surface area (TPSA) is 48.5 Å². The molecule has 2 rings (SSSR count). The Bertz CT molecular complexity index is 566. The highest BCUT2D eigenvalue weighted by molar-refractivity contribution is 7.07. The largest absolute Gasteiger partial charge is 0.363 e. The number of pyridine rings is 1. The van der Waals surface area contributed by atoms with E-state index >= 15 is 0 Å². The van der Waals surface area contributed by atoms with Crippen LogP contribution in [0, 0.1) is 0 Å². The molecule has 2 aromatic rings. The number of nitrogens with zero attached hydrogens (tertiary/aromatic N) is 3. The van der Waals surface area contributed by atoms with Gasteiger partial charge in [0.2, 0.25) is 0 Å². The number of carbonyl (C=O) groups is 1. The first-order valence-corrected chi connectivity index (χ1v) is 7.63. The maximum Gasteiger partial charge on any atom is 0.317 e. The van der Waals surface area contributed by atoms with Crippen LogP contribution in [0.2, 0.25) is 0 Å². The number of nitrogens with one attached hydrogen (secondary N) is 1. The summed E-state index contributed by atoms with van der Waals surface area (Å²) in [6.07, 6.45) is 1.79. The summed E-state index contributed by atoms with van der Waals surface area (Å²) in [5, 5.41) is 6.96. The number of rotatable bonds is 5. The molecule has 0 aliphatic rings. The van der Waals surface area contributed by atoms with Gasteiger partial charge < -0.3 is 15.1 Å². The molecule has 0 spiro atoms. The van der Waals surface area contributed by atoms with Crippen molar-refractivity contribution in [1.29, 1.82) is 0 Å². The zero-order valence-electron chi connectivity index (χ0n) is 12.5. The van der Waals surface area contributed by atoms with E-state index in [1.54, 1.807) is 29.5 Å². The van der Waals surface area contributed by atoms with Crippen LogP contribution in [-0.4, -0.2) is 37.1 Å². The van der Waals surface area contributed by atoms with Crippen molar-refractivity contribution in [2.75, 3.05) is 26.0 Å². The summed E-state index contributed by atoms with van der Waals surface area (Å²) in [7, 11) is 5.69. The average Bonchev–Trinajstić information content (AvgIpc) is 2.98. The van der Waals surface area contributed by atoms with Gasteiger partial charge in [0.25, 0.3) is 0 Å². The summed E-state index contributed by atoms with van der Waals surface area (Å²) >= 11 is 1.64. The normalized spacial score (nSPS) is 10.2. The van der Waals surface area contributed by atoms with Crippen molar-refractivity contribution in [2.24, 2.45) is 0 Å². The summed E-state index contributed by atoms with van der Waals surface area (Å²) in [6, 6.07) is 5.86. The predicted molar refractivity (Wildman–Crippen MR) is 86.6 cm³/mol. The highest BCUT2D eigenvalue weighted by atomic mass is 32.1. The highest BCUT2D eigenvalue weighted by Crippen LogP contribution is 2.09. The number of carbonyl (C=O) groups excluding carboxylic acids is 1. The van der Waals surface area contributed by atoms with Gasteiger partial charge in [-0.1, -0.05) is 6.07 Å². The van der Waals surface area contributed by atoms with Gasteiger partial charge in [-0.25, -0.2) is 9.78 Å². The van der Waals surface area contributed by atoms with E-state index in [1.807, 2.05) is 48.0 Å². The molecule has 0 fully saturated rings. The lowest BCUT2D eigenvalue weighted by Gasteiger charge is -2.17. The van der Waals surface area contributed by atoms with Crippen LogP contribution in [-0.2, 0) is 13.1 Å². The van der Waals surface area contributed by atoms with Crippen LogP contribution in [0.25, 0.3) is 0 Å². The number of anilines is 1. The van der Waals surface area contributed by atoms with Crippen LogP contribution in [0.4, 0.5) is 10.6 Å². The van der Waals surface area contributed by atoms with Gasteiger partial charge >= 0.3 is 6.03 Å². The van der Waals surface area contributed by atoms with Gasteiger partial charge in [0.05, 0.1) is 0 Å². The molecule has 0 unspecified atom stereocenters. The van der Waals surface area contributed by atoms with E-state index in [0.29, 0.717) is 13.1 Å². The van der Waals surface area contributed by atoms with E-state index in [4.69, 9.17) is 0 Å². The molecule has 2 aromatic heterocycles. The predicted octanol–water partition coefficient (Wildman–Crippen LogP) is 2.55. The summed E-state index contributed by atoms with van der Waals surface area (Å²) in [5.74, 6) is 0.902. The van der Waals surface area contributed by atoms with Gasteiger partial charge in [-0.15, -0.1) is 0 Å². The van der Waals surface area contributed by atoms with Crippen molar-refractivity contribution < 1.29 is 4.79 Å². The molecule has 0 radical (unpaired) electrons. The molecule has 1 N–H and O–H groups in total. The van der Waals surface area contributed by atoms with Gasteiger partial charge in [-0.05, 0) is 34.0 Å². The molecule has 0 aromatic carbocycles. The molecule has 21 heavy (non-hydrogen) atoms. The Hall–Kier alpha value is -2.08. The third-order valence-corrected chi connectivity index (χ3v) is 3.79. The molecule has 0 saturated carbocycles. The fraction of sp³-hybridized carbons (Fsp3) is 0.333. The minimum absolute atomic E-state index is 0.0853. The summed E-state index contributed by atoms with van der Waals surface area (Å²) < 4.78 is 0. The first-order chi connectivity index (χ1) is 10.1. The molecule has 6 heteroatoms. The Kier molecular flexibility index (Phi) is 5.16. The maximum atomic E-state index is 12.0. The van der Waals surface area contributed by atoms with E-state index in [-0.39, 0.29) is 6.03 Å². The number of amides is 2. The Balaban J connectivity index is 1.83. The summed E-state index contributed by atoms with van der Waals surface area (Å²) in [6.45, 7) is 1.10. The SMILES string of the molecule is CN(Cc1ccsc1)C(=O)NCc1ccc(N(C)C)nc1. The van der Waals surface area contributed by atoms with Gasteiger partial charge in [-0.3, -0.25) is 0 Å². The van der Waals surface area contributed by atoms with Crippen LogP contribution in [0.5, 0.6) is 0 Å². The molecule has 112 valence electrons. The van der Waals surface area contributed by atoms with Crippen LogP contribution in [0.15, 0.2) is 35.2 Å². The van der Waals surface area contributed by atoms with E-state index in [2.05, 4.69) is 10.3 Å². The molecular formula is C15H20N4OS. The van der Waals surface area contributed by atoms with Crippen molar-refractivity contribution in [2.45, 2.75) is 13.1 Å². The Morgan fingerprint density at radius 1 is 1.24 bits per heavy atom. The minimum Gasteiger partial charge on any atom is -0.363 e. The van der Waals surface area contributed by atoms with Gasteiger partial charge in [-0.2, -0.15) is 11.3 Å². The molecule has 0 atom stereocenters. The smallest absolute Gasteiger partial charge is 0.317 e. The zero-order valence-corrected chi connectivity index (χ0v) is 13.4. The molecular weight excluding hydrogens is 284 g/mol. The molecule has 2 amide bonds. The third-order valence-electron chi connectivity index (χ3n) is 3.06. The Morgan fingerprint density at radius 2 is 2.05 bits per heavy atom. The summed E-state index contributed by atoms with van der Waals surface area (Å²) in [5.41, 5.74) is 2.13. The number of thiophene rings is 1. The number of hydrogen-bond acceptors (Lipinski definition) is 4. The van der Waals surface area contributed by atoms with E-state index in [0.717, 1.165) is 16.9 Å². The van der Waals surface area contributed by atoms with Gasteiger partial charge in [0.15, 0.2) is 0 Å². The first kappa shape index (κ1) is 15.3. The second kappa shape index (κ2) is 7.08. The van der Waals surface area contributed by atoms with Crippen LogP contribution < -0.4 is 10.2 Å². The lowest BCUT2D eigenvalue weighted by atomic mass is 10.3. The average molecular weight is 304 g/mol. The van der Waals surface area contributed by atoms with Crippen molar-refractivity contribution >= 4 is 23.2 Å². The van der Waals surface area contributed by atoms with Crippen LogP contribution >= 0.6 is 11.3 Å². The fourth-order valence-corrected chi connectivity index (χ4v) is 2.49. The second-order valence-electron chi connectivity index (χ2n) is 5.07. The van der Waals surface area contributed by atoms with Crippen molar-refractivity contribution in [3.8, 4) is 0 Å². The maximum absolute atomic E-state index is 12.0. The second-order valence-corrected chi connectivity index (χ2v) is 5.85. The summed E-state index contributed by atoms with van der Waals surface area (Å²) in [4.78, 5) is 19.9. The van der Waals surface area contributed by atoms with Gasteiger partial charge in [0.1, 0.15) is 5.82 Å². The first-order valence-electron chi connectivity index (χ1n) is 6.68. The number of hydrogen-bond donors (Lipinski definition) is 1. The van der Waals surface area contributed by atoms with Crippen molar-refractivity contribution in [3.05, 3.63) is 46.3 Å². The molecule has 0 bridgehead atoms. The third kappa shape index (κ3) is 4.46. The molecule has 5 nitrogen and oxygen atoms in total. The van der Waals surface area contributed by atoms with Gasteiger partial charge in [0, 0.05) is 40.4 Å². The Morgan fingerprint density at radius 3 is 2.62 bits per heavy atom. The molecule has 0 saturated heterocycles. The van der Waals surface area contributed by atoms with Crippen LogP contribution in [0.1, 0.15) is 11.1 Å². The molecule has 0 aliphatic heterocycles. The zero-order chi connectivity index (χ0) is 15.2. The van der Waals surface area contributed by atoms with Crippen molar-refractivity contribution in [3.63, 3.8) is 0 Å². The van der Waals surface area contributed by atoms with E-state index in [1.165, 1.54) is 0 Å². The molecule has 2 heterocycles. The fourth-order valence-electron chi connectivity index (χ4n) is 1.83. The quantitative estimate of drug-likeness (QED) is 0.923. The van der Waals surface area contributed by atoms with E-state index in [9.17, 15) is 4.79 Å². The highest BCUT2D eigenvalue weighted by Gasteiger charge is 2.09.